The minimum absolute atomic E-state index is 0.0166. The van der Waals surface area contributed by atoms with Crippen LogP contribution in [0.2, 0.25) is 0 Å². The summed E-state index contributed by atoms with van der Waals surface area (Å²) in [7, 11) is 1.64. The Morgan fingerprint density at radius 1 is 0.971 bits per heavy atom. The molecule has 2 N–H and O–H groups in total. The summed E-state index contributed by atoms with van der Waals surface area (Å²) in [6, 6.07) is 19.5. The molecule has 0 spiro atoms. The normalized spacial score (nSPS) is 13.4. The molecule has 6 nitrogen and oxygen atoms in total. The standard InChI is InChI=1S/C28H36N2O4/c1-6-23(26(21-13-9-7-10-14-21)22-15-11-8-12-16-22)27(32)29-18-25(31)30(5)24(19(2)3)17-20(4)28(33)34/h7-17,19,23-24,26H,6,18H2,1-5H3,(H,29,32)(H,33,34)/b20-17+/t23-,24+/m0/s1. The van der Waals surface area contributed by atoms with Gasteiger partial charge in [-0.15, -0.1) is 0 Å². The lowest BCUT2D eigenvalue weighted by atomic mass is 9.79. The van der Waals surface area contributed by atoms with Gasteiger partial charge in [-0.3, -0.25) is 9.59 Å². The van der Waals surface area contributed by atoms with Gasteiger partial charge in [0.1, 0.15) is 0 Å². The molecule has 0 heterocycles. The van der Waals surface area contributed by atoms with Crippen molar-refractivity contribution in [2.45, 2.75) is 46.1 Å². The monoisotopic (exact) mass is 464 g/mol. The van der Waals surface area contributed by atoms with E-state index in [4.69, 9.17) is 0 Å². The molecule has 34 heavy (non-hydrogen) atoms. The number of nitrogens with one attached hydrogen (secondary N) is 1. The molecule has 0 aliphatic rings. The first-order chi connectivity index (χ1) is 16.2. The number of carboxylic acids is 1. The van der Waals surface area contributed by atoms with E-state index in [0.717, 1.165) is 11.1 Å². The van der Waals surface area contributed by atoms with E-state index >= 15 is 0 Å². The third-order valence-corrected chi connectivity index (χ3v) is 6.19. The van der Waals surface area contributed by atoms with E-state index in [9.17, 15) is 19.5 Å². The Morgan fingerprint density at radius 2 is 1.47 bits per heavy atom. The van der Waals surface area contributed by atoms with Crippen molar-refractivity contribution in [3.63, 3.8) is 0 Å². The number of hydrogen-bond donors (Lipinski definition) is 2. The highest BCUT2D eigenvalue weighted by atomic mass is 16.4. The van der Waals surface area contributed by atoms with Crippen LogP contribution in [0.4, 0.5) is 0 Å². The molecule has 2 rings (SSSR count). The molecular weight excluding hydrogens is 428 g/mol. The van der Waals surface area contributed by atoms with E-state index in [1.165, 1.54) is 11.8 Å². The fourth-order valence-corrected chi connectivity index (χ4v) is 4.21. The second-order valence-electron chi connectivity index (χ2n) is 8.93. The summed E-state index contributed by atoms with van der Waals surface area (Å²) in [6.45, 7) is 7.19. The molecule has 2 amide bonds. The number of benzene rings is 2. The molecule has 0 aromatic heterocycles. The maximum atomic E-state index is 13.3. The van der Waals surface area contributed by atoms with Crippen molar-refractivity contribution in [1.29, 1.82) is 0 Å². The second-order valence-corrected chi connectivity index (χ2v) is 8.93. The number of carboxylic acid groups (broad SMARTS) is 1. The average Bonchev–Trinajstić information content (AvgIpc) is 2.84. The smallest absolute Gasteiger partial charge is 0.331 e. The maximum absolute atomic E-state index is 13.3. The Labute approximate surface area is 202 Å². The van der Waals surface area contributed by atoms with Gasteiger partial charge in [0.15, 0.2) is 0 Å². The van der Waals surface area contributed by atoms with Crippen molar-refractivity contribution in [3.8, 4) is 0 Å². The van der Waals surface area contributed by atoms with Crippen molar-refractivity contribution >= 4 is 17.8 Å². The van der Waals surface area contributed by atoms with Crippen molar-refractivity contribution in [2.75, 3.05) is 13.6 Å². The zero-order valence-corrected chi connectivity index (χ0v) is 20.7. The molecule has 2 aromatic carbocycles. The van der Waals surface area contributed by atoms with E-state index in [2.05, 4.69) is 5.32 Å². The molecule has 0 aliphatic heterocycles. The van der Waals surface area contributed by atoms with Gasteiger partial charge in [-0.05, 0) is 30.4 Å². The number of nitrogens with zero attached hydrogens (tertiary/aromatic N) is 1. The van der Waals surface area contributed by atoms with E-state index in [0.29, 0.717) is 6.42 Å². The summed E-state index contributed by atoms with van der Waals surface area (Å²) in [5, 5.41) is 12.0. The molecule has 182 valence electrons. The van der Waals surface area contributed by atoms with Crippen LogP contribution < -0.4 is 5.32 Å². The van der Waals surface area contributed by atoms with Crippen LogP contribution in [0, 0.1) is 11.8 Å². The fraction of sp³-hybridized carbons (Fsp3) is 0.393. The Balaban J connectivity index is 2.19. The zero-order chi connectivity index (χ0) is 25.3. The molecule has 0 saturated heterocycles. The van der Waals surface area contributed by atoms with Gasteiger partial charge in [-0.1, -0.05) is 87.5 Å². The first-order valence-electron chi connectivity index (χ1n) is 11.7. The Morgan fingerprint density at radius 3 is 1.88 bits per heavy atom. The number of likely N-dealkylation sites (N-methyl/N-ethyl adjacent to an activating group) is 1. The molecule has 0 fully saturated rings. The highest BCUT2D eigenvalue weighted by Gasteiger charge is 2.30. The molecule has 2 atom stereocenters. The number of carbonyl (C=O) groups excluding carboxylic acids is 2. The minimum Gasteiger partial charge on any atom is -0.478 e. The van der Waals surface area contributed by atoms with Gasteiger partial charge < -0.3 is 15.3 Å². The van der Waals surface area contributed by atoms with Crippen LogP contribution in [-0.4, -0.2) is 47.4 Å². The van der Waals surface area contributed by atoms with Crippen LogP contribution in [0.1, 0.15) is 51.2 Å². The van der Waals surface area contributed by atoms with Gasteiger partial charge in [0.25, 0.3) is 0 Å². The average molecular weight is 465 g/mol. The van der Waals surface area contributed by atoms with Crippen LogP contribution in [0.15, 0.2) is 72.3 Å². The summed E-state index contributed by atoms with van der Waals surface area (Å²) < 4.78 is 0. The molecule has 2 aromatic rings. The molecule has 0 bridgehead atoms. The Bertz CT molecular complexity index is 946. The first kappa shape index (κ1) is 26.8. The number of rotatable bonds is 11. The summed E-state index contributed by atoms with van der Waals surface area (Å²) in [5.74, 6) is -1.93. The van der Waals surface area contributed by atoms with Crippen LogP contribution in [-0.2, 0) is 14.4 Å². The van der Waals surface area contributed by atoms with Crippen molar-refractivity contribution in [2.24, 2.45) is 11.8 Å². The zero-order valence-electron chi connectivity index (χ0n) is 20.7. The fourth-order valence-electron chi connectivity index (χ4n) is 4.21. The van der Waals surface area contributed by atoms with Gasteiger partial charge in [0.05, 0.1) is 12.6 Å². The maximum Gasteiger partial charge on any atom is 0.331 e. The van der Waals surface area contributed by atoms with Gasteiger partial charge in [0.2, 0.25) is 11.8 Å². The van der Waals surface area contributed by atoms with Crippen LogP contribution in [0.5, 0.6) is 0 Å². The molecule has 0 aliphatic carbocycles. The predicted octanol–water partition coefficient (Wildman–Crippen LogP) is 4.47. The summed E-state index contributed by atoms with van der Waals surface area (Å²) in [5.41, 5.74) is 2.28. The van der Waals surface area contributed by atoms with Gasteiger partial charge >= 0.3 is 5.97 Å². The van der Waals surface area contributed by atoms with E-state index < -0.39 is 5.97 Å². The molecular formula is C28H36N2O4. The highest BCUT2D eigenvalue weighted by Crippen LogP contribution is 2.34. The Hall–Kier alpha value is -3.41. The predicted molar refractivity (Wildman–Crippen MR) is 134 cm³/mol. The SMILES string of the molecule is CC[C@H](C(=O)NCC(=O)N(C)[C@H](/C=C(\C)C(=O)O)C(C)C)C(c1ccccc1)c1ccccc1. The van der Waals surface area contributed by atoms with Gasteiger partial charge in [-0.25, -0.2) is 4.79 Å². The number of carbonyl (C=O) groups is 3. The Kier molecular flexibility index (Phi) is 10.0. The molecule has 0 unspecified atom stereocenters. The third kappa shape index (κ3) is 7.04. The van der Waals surface area contributed by atoms with Crippen molar-refractivity contribution in [1.82, 2.24) is 10.2 Å². The minimum atomic E-state index is -1.02. The van der Waals surface area contributed by atoms with Crippen LogP contribution >= 0.6 is 0 Å². The lowest BCUT2D eigenvalue weighted by molar-refractivity contribution is -0.135. The lowest BCUT2D eigenvalue weighted by Crippen LogP contribution is -2.46. The number of amides is 2. The van der Waals surface area contributed by atoms with Crippen molar-refractivity contribution in [3.05, 3.63) is 83.4 Å². The lowest BCUT2D eigenvalue weighted by Gasteiger charge is -2.30. The van der Waals surface area contributed by atoms with Crippen LogP contribution in [0.3, 0.4) is 0 Å². The first-order valence-corrected chi connectivity index (χ1v) is 11.7. The second kappa shape index (κ2) is 12.7. The highest BCUT2D eigenvalue weighted by molar-refractivity contribution is 5.88. The number of aliphatic carboxylic acids is 1. The summed E-state index contributed by atoms with van der Waals surface area (Å²) in [6.07, 6.45) is 2.20. The van der Waals surface area contributed by atoms with Gasteiger partial charge in [0, 0.05) is 24.5 Å². The van der Waals surface area contributed by atoms with Crippen molar-refractivity contribution < 1.29 is 19.5 Å². The van der Waals surface area contributed by atoms with E-state index in [1.54, 1.807) is 13.1 Å². The van der Waals surface area contributed by atoms with E-state index in [-0.39, 0.29) is 47.7 Å². The largest absolute Gasteiger partial charge is 0.478 e. The topological polar surface area (TPSA) is 86.7 Å². The van der Waals surface area contributed by atoms with Gasteiger partial charge in [-0.2, -0.15) is 0 Å². The summed E-state index contributed by atoms with van der Waals surface area (Å²) in [4.78, 5) is 38.9. The van der Waals surface area contributed by atoms with Crippen LogP contribution in [0.25, 0.3) is 0 Å². The molecule has 0 radical (unpaired) electrons. The molecule has 0 saturated carbocycles. The third-order valence-electron chi connectivity index (χ3n) is 6.19. The summed E-state index contributed by atoms with van der Waals surface area (Å²) >= 11 is 0. The van der Waals surface area contributed by atoms with E-state index in [1.807, 2.05) is 81.4 Å². The quantitative estimate of drug-likeness (QED) is 0.480. The molecule has 6 heteroatoms. The number of hydrogen-bond acceptors (Lipinski definition) is 3.